The van der Waals surface area contributed by atoms with E-state index in [0.29, 0.717) is 0 Å². The third-order valence-electron chi connectivity index (χ3n) is 3.66. The van der Waals surface area contributed by atoms with Crippen molar-refractivity contribution in [2.24, 2.45) is 0 Å². The van der Waals surface area contributed by atoms with Gasteiger partial charge in [-0.1, -0.05) is 12.1 Å². The Hall–Kier alpha value is -1.55. The van der Waals surface area contributed by atoms with Crippen molar-refractivity contribution in [3.63, 3.8) is 0 Å². The molecule has 1 atom stereocenters. The number of carbonyl (C=O) groups is 1. The van der Waals surface area contributed by atoms with Crippen molar-refractivity contribution in [1.82, 2.24) is 5.32 Å². The molecule has 19 heavy (non-hydrogen) atoms. The highest BCUT2D eigenvalue weighted by molar-refractivity contribution is 5.69. The van der Waals surface area contributed by atoms with Gasteiger partial charge in [-0.05, 0) is 44.0 Å². The average Bonchev–Trinajstić information content (AvgIpc) is 2.57. The highest BCUT2D eigenvalue weighted by Crippen LogP contribution is 2.25. The van der Waals surface area contributed by atoms with E-state index in [9.17, 15) is 4.79 Å². The quantitative estimate of drug-likeness (QED) is 0.874. The molecule has 1 saturated heterocycles. The van der Waals surface area contributed by atoms with Gasteiger partial charge in [-0.25, -0.2) is 0 Å². The van der Waals surface area contributed by atoms with E-state index in [-0.39, 0.29) is 12.5 Å². The number of rotatable bonds is 3. The minimum atomic E-state index is -0.732. The molecule has 0 aromatic heterocycles. The van der Waals surface area contributed by atoms with Crippen LogP contribution in [-0.4, -0.2) is 36.8 Å². The van der Waals surface area contributed by atoms with Gasteiger partial charge in [-0.3, -0.25) is 4.79 Å². The van der Waals surface area contributed by atoms with Crippen LogP contribution in [0.15, 0.2) is 18.2 Å². The van der Waals surface area contributed by atoms with Crippen LogP contribution >= 0.6 is 0 Å². The Kier molecular flexibility index (Phi) is 4.43. The lowest BCUT2D eigenvalue weighted by molar-refractivity contribution is -0.137. The summed E-state index contributed by atoms with van der Waals surface area (Å²) in [6, 6.07) is 6.40. The lowest BCUT2D eigenvalue weighted by Crippen LogP contribution is -2.41. The van der Waals surface area contributed by atoms with Crippen molar-refractivity contribution in [1.29, 1.82) is 0 Å². The topological polar surface area (TPSA) is 52.6 Å². The summed E-state index contributed by atoms with van der Waals surface area (Å²) >= 11 is 0. The van der Waals surface area contributed by atoms with Crippen molar-refractivity contribution >= 4 is 11.7 Å². The molecule has 1 unspecified atom stereocenters. The molecule has 1 heterocycles. The van der Waals surface area contributed by atoms with E-state index in [1.54, 1.807) is 0 Å². The van der Waals surface area contributed by atoms with Crippen LogP contribution in [0, 0.1) is 13.8 Å². The summed E-state index contributed by atoms with van der Waals surface area (Å²) in [7, 11) is 0. The van der Waals surface area contributed by atoms with Crippen molar-refractivity contribution in [2.45, 2.75) is 32.7 Å². The second-order valence-electron chi connectivity index (χ2n) is 5.29. The summed E-state index contributed by atoms with van der Waals surface area (Å²) in [5.74, 6) is -0.732. The van der Waals surface area contributed by atoms with E-state index in [4.69, 9.17) is 5.11 Å². The Bertz CT molecular complexity index is 459. The number of nitrogens with one attached hydrogen (secondary N) is 1. The van der Waals surface area contributed by atoms with Crippen LogP contribution < -0.4 is 10.2 Å². The highest BCUT2D eigenvalue weighted by atomic mass is 16.4. The number of aliphatic carboxylic acids is 1. The van der Waals surface area contributed by atoms with Gasteiger partial charge >= 0.3 is 5.97 Å². The van der Waals surface area contributed by atoms with Gasteiger partial charge in [0.1, 0.15) is 0 Å². The van der Waals surface area contributed by atoms with Gasteiger partial charge < -0.3 is 15.3 Å². The van der Waals surface area contributed by atoms with E-state index in [1.807, 2.05) is 0 Å². The number of benzene rings is 1. The third-order valence-corrected chi connectivity index (χ3v) is 3.66. The highest BCUT2D eigenvalue weighted by Gasteiger charge is 2.24. The lowest BCUT2D eigenvalue weighted by Gasteiger charge is -2.32. The molecule has 1 fully saturated rings. The van der Waals surface area contributed by atoms with Gasteiger partial charge in [0.15, 0.2) is 0 Å². The van der Waals surface area contributed by atoms with E-state index in [2.05, 4.69) is 42.3 Å². The second-order valence-corrected chi connectivity index (χ2v) is 5.29. The zero-order valence-corrected chi connectivity index (χ0v) is 11.6. The first kappa shape index (κ1) is 13.9. The van der Waals surface area contributed by atoms with Crippen molar-refractivity contribution in [3.05, 3.63) is 29.3 Å². The summed E-state index contributed by atoms with van der Waals surface area (Å²) in [6.45, 7) is 6.77. The molecule has 2 N–H and O–H groups in total. The summed E-state index contributed by atoms with van der Waals surface area (Å²) in [5.41, 5.74) is 3.60. The van der Waals surface area contributed by atoms with Crippen LogP contribution in [-0.2, 0) is 4.79 Å². The Balaban J connectivity index is 2.30. The van der Waals surface area contributed by atoms with Crippen molar-refractivity contribution < 1.29 is 9.90 Å². The average molecular weight is 262 g/mol. The molecule has 4 heteroatoms. The SMILES string of the molecule is Cc1ccc(C)c(N2CCCNCC2CC(=O)O)c1. The van der Waals surface area contributed by atoms with Crippen molar-refractivity contribution in [2.75, 3.05) is 24.5 Å². The van der Waals surface area contributed by atoms with E-state index in [1.165, 1.54) is 16.8 Å². The third kappa shape index (κ3) is 3.47. The molecule has 0 radical (unpaired) electrons. The minimum absolute atomic E-state index is 0.0282. The Morgan fingerprint density at radius 1 is 1.47 bits per heavy atom. The van der Waals surface area contributed by atoms with Crippen LogP contribution in [0.1, 0.15) is 24.0 Å². The molecule has 4 nitrogen and oxygen atoms in total. The van der Waals surface area contributed by atoms with Gasteiger partial charge in [0.05, 0.1) is 12.5 Å². The number of carboxylic acids is 1. The normalized spacial score (nSPS) is 20.1. The predicted molar refractivity (Wildman–Crippen MR) is 76.8 cm³/mol. The summed E-state index contributed by atoms with van der Waals surface area (Å²) < 4.78 is 0. The van der Waals surface area contributed by atoms with Crippen molar-refractivity contribution in [3.8, 4) is 0 Å². The number of anilines is 1. The molecule has 104 valence electrons. The Morgan fingerprint density at radius 2 is 2.26 bits per heavy atom. The molecule has 1 aliphatic rings. The maximum Gasteiger partial charge on any atom is 0.305 e. The van der Waals surface area contributed by atoms with Gasteiger partial charge in [-0.15, -0.1) is 0 Å². The maximum atomic E-state index is 11.1. The second kappa shape index (κ2) is 6.06. The molecule has 1 aliphatic heterocycles. The fourth-order valence-corrected chi connectivity index (χ4v) is 2.67. The van der Waals surface area contributed by atoms with E-state index < -0.39 is 5.97 Å². The van der Waals surface area contributed by atoms with E-state index >= 15 is 0 Å². The lowest BCUT2D eigenvalue weighted by atomic mass is 10.1. The van der Waals surface area contributed by atoms with Crippen LogP contribution in [0.25, 0.3) is 0 Å². The van der Waals surface area contributed by atoms with Gasteiger partial charge in [-0.2, -0.15) is 0 Å². The first-order valence-corrected chi connectivity index (χ1v) is 6.84. The zero-order valence-electron chi connectivity index (χ0n) is 11.6. The monoisotopic (exact) mass is 262 g/mol. The molecule has 0 bridgehead atoms. The minimum Gasteiger partial charge on any atom is -0.481 e. The van der Waals surface area contributed by atoms with Crippen LogP contribution in [0.2, 0.25) is 0 Å². The first-order valence-electron chi connectivity index (χ1n) is 6.84. The molecule has 0 aliphatic carbocycles. The number of carboxylic acid groups (broad SMARTS) is 1. The molecular formula is C15H22N2O2. The van der Waals surface area contributed by atoms with Gasteiger partial charge in [0.25, 0.3) is 0 Å². The smallest absolute Gasteiger partial charge is 0.305 e. The van der Waals surface area contributed by atoms with Crippen LogP contribution in [0.3, 0.4) is 0 Å². The number of hydrogen-bond donors (Lipinski definition) is 2. The first-order chi connectivity index (χ1) is 9.08. The molecule has 0 saturated carbocycles. The van der Waals surface area contributed by atoms with E-state index in [0.717, 1.165) is 26.1 Å². The molecular weight excluding hydrogens is 240 g/mol. The number of hydrogen-bond acceptors (Lipinski definition) is 3. The summed E-state index contributed by atoms with van der Waals surface area (Å²) in [5, 5.41) is 12.4. The number of aryl methyl sites for hydroxylation is 2. The van der Waals surface area contributed by atoms with Crippen LogP contribution in [0.5, 0.6) is 0 Å². The largest absolute Gasteiger partial charge is 0.481 e. The molecule has 2 rings (SSSR count). The standard InChI is InChI=1S/C15H22N2O2/c1-11-4-5-12(2)14(8-11)17-7-3-6-16-10-13(17)9-15(18)19/h4-5,8,13,16H,3,6-7,9-10H2,1-2H3,(H,18,19). The fraction of sp³-hybridized carbons (Fsp3) is 0.533. The summed E-state index contributed by atoms with van der Waals surface area (Å²) in [4.78, 5) is 13.3. The molecule has 1 aromatic rings. The van der Waals surface area contributed by atoms with Gasteiger partial charge in [0, 0.05) is 18.8 Å². The maximum absolute atomic E-state index is 11.1. The summed E-state index contributed by atoms with van der Waals surface area (Å²) in [6.07, 6.45) is 1.23. The van der Waals surface area contributed by atoms with Crippen LogP contribution in [0.4, 0.5) is 5.69 Å². The molecule has 0 amide bonds. The number of nitrogens with zero attached hydrogens (tertiary/aromatic N) is 1. The fourth-order valence-electron chi connectivity index (χ4n) is 2.67. The zero-order chi connectivity index (χ0) is 13.8. The van der Waals surface area contributed by atoms with Gasteiger partial charge in [0.2, 0.25) is 0 Å². The Labute approximate surface area is 114 Å². The molecule has 1 aromatic carbocycles. The Morgan fingerprint density at radius 3 is 3.00 bits per heavy atom. The predicted octanol–water partition coefficient (Wildman–Crippen LogP) is 1.95. The molecule has 0 spiro atoms.